The van der Waals surface area contributed by atoms with E-state index < -0.39 is 11.1 Å². The van der Waals surface area contributed by atoms with E-state index in [9.17, 15) is 19.5 Å². The highest BCUT2D eigenvalue weighted by atomic mass is 16.5. The summed E-state index contributed by atoms with van der Waals surface area (Å²) in [4.78, 5) is 42.0. The Bertz CT molecular complexity index is 1230. The Morgan fingerprint density at radius 3 is 2.29 bits per heavy atom. The van der Waals surface area contributed by atoms with Gasteiger partial charge in [-0.2, -0.15) is 0 Å². The zero-order valence-electron chi connectivity index (χ0n) is 24.9. The van der Waals surface area contributed by atoms with Crippen molar-refractivity contribution in [3.63, 3.8) is 0 Å². The van der Waals surface area contributed by atoms with E-state index in [2.05, 4.69) is 10.2 Å². The summed E-state index contributed by atoms with van der Waals surface area (Å²) in [5.74, 6) is 0.944. The highest BCUT2D eigenvalue weighted by molar-refractivity contribution is 6.06. The van der Waals surface area contributed by atoms with Gasteiger partial charge in [-0.25, -0.2) is 4.79 Å². The number of ether oxygens (including phenoxy) is 3. The van der Waals surface area contributed by atoms with Crippen molar-refractivity contribution in [1.29, 1.82) is 0 Å². The predicted octanol–water partition coefficient (Wildman–Crippen LogP) is 2.20. The monoisotopic (exact) mass is 582 g/mol. The molecule has 2 N–H and O–H groups in total. The Balaban J connectivity index is 1.32. The fourth-order valence-electron chi connectivity index (χ4n) is 5.13. The maximum Gasteiger partial charge on any atom is 0.325 e. The van der Waals surface area contributed by atoms with Gasteiger partial charge in [0.1, 0.15) is 35.9 Å². The summed E-state index contributed by atoms with van der Waals surface area (Å²) in [5.41, 5.74) is -0.00657. The lowest BCUT2D eigenvalue weighted by Gasteiger charge is -2.33. The number of hydrogen-bond donors (Lipinski definition) is 2. The lowest BCUT2D eigenvalue weighted by atomic mass is 10.0. The minimum absolute atomic E-state index is 0.0400. The fraction of sp³-hybridized carbons (Fsp3) is 0.516. The molecule has 0 unspecified atom stereocenters. The SMILES string of the molecule is COCC(=O)N1CCN(Cc2ccc(OCCCN3C(=O)NC(C)(C)C3=O)cc2)C[C@](O)(COc2ccc(C)cc2)C1. The molecule has 4 amide bonds. The number of imide groups is 1. The van der Waals surface area contributed by atoms with Crippen LogP contribution < -0.4 is 14.8 Å². The molecule has 2 aromatic rings. The maximum atomic E-state index is 12.7. The van der Waals surface area contributed by atoms with E-state index >= 15 is 0 Å². The number of nitrogens with zero attached hydrogens (tertiary/aromatic N) is 3. The van der Waals surface area contributed by atoms with E-state index in [-0.39, 0.29) is 37.6 Å². The summed E-state index contributed by atoms with van der Waals surface area (Å²) in [6.45, 7) is 8.12. The quantitative estimate of drug-likeness (QED) is 0.289. The molecular formula is C31H42N4O7. The van der Waals surface area contributed by atoms with Gasteiger partial charge in [0.05, 0.1) is 13.2 Å². The Morgan fingerprint density at radius 1 is 0.976 bits per heavy atom. The van der Waals surface area contributed by atoms with Crippen LogP contribution in [0.5, 0.6) is 11.5 Å². The molecule has 2 aliphatic heterocycles. The average Bonchev–Trinajstić information content (AvgIpc) is 3.05. The number of carbonyl (C=O) groups excluding carboxylic acids is 3. The largest absolute Gasteiger partial charge is 0.494 e. The molecule has 0 spiro atoms. The first-order valence-corrected chi connectivity index (χ1v) is 14.2. The van der Waals surface area contributed by atoms with E-state index in [1.807, 2.05) is 55.5 Å². The van der Waals surface area contributed by atoms with Gasteiger partial charge in [0.15, 0.2) is 0 Å². The van der Waals surface area contributed by atoms with Gasteiger partial charge in [0.2, 0.25) is 5.91 Å². The summed E-state index contributed by atoms with van der Waals surface area (Å²) in [7, 11) is 1.48. The average molecular weight is 583 g/mol. The number of hydrogen-bond acceptors (Lipinski definition) is 8. The number of urea groups is 1. The molecule has 1 atom stereocenters. The number of carbonyl (C=O) groups is 3. The van der Waals surface area contributed by atoms with Crippen molar-refractivity contribution in [2.45, 2.75) is 44.9 Å². The van der Waals surface area contributed by atoms with E-state index in [1.165, 1.54) is 12.0 Å². The number of aliphatic hydroxyl groups is 1. The molecule has 0 aliphatic carbocycles. The summed E-state index contributed by atoms with van der Waals surface area (Å²) in [6, 6.07) is 15.0. The topological polar surface area (TPSA) is 121 Å². The van der Waals surface area contributed by atoms with Crippen molar-refractivity contribution in [2.75, 3.05) is 59.7 Å². The highest BCUT2D eigenvalue weighted by Gasteiger charge is 2.43. The summed E-state index contributed by atoms with van der Waals surface area (Å²) >= 11 is 0. The smallest absolute Gasteiger partial charge is 0.325 e. The van der Waals surface area contributed by atoms with Crippen molar-refractivity contribution in [3.8, 4) is 11.5 Å². The third-order valence-corrected chi connectivity index (χ3v) is 7.41. The zero-order chi connectivity index (χ0) is 30.3. The van der Waals surface area contributed by atoms with Gasteiger partial charge >= 0.3 is 6.03 Å². The fourth-order valence-corrected chi connectivity index (χ4v) is 5.13. The molecule has 11 heteroatoms. The van der Waals surface area contributed by atoms with E-state index in [4.69, 9.17) is 14.2 Å². The first kappa shape index (κ1) is 31.3. The van der Waals surface area contributed by atoms with Crippen LogP contribution in [0.2, 0.25) is 0 Å². The van der Waals surface area contributed by atoms with Crippen molar-refractivity contribution in [1.82, 2.24) is 20.0 Å². The van der Waals surface area contributed by atoms with Gasteiger partial charge in [-0.15, -0.1) is 0 Å². The van der Waals surface area contributed by atoms with Gasteiger partial charge in [-0.05, 0) is 57.0 Å². The molecule has 2 heterocycles. The van der Waals surface area contributed by atoms with Crippen molar-refractivity contribution < 1.29 is 33.7 Å². The van der Waals surface area contributed by atoms with E-state index in [0.29, 0.717) is 57.3 Å². The normalized spacial score (nSPS) is 20.8. The highest BCUT2D eigenvalue weighted by Crippen LogP contribution is 2.22. The lowest BCUT2D eigenvalue weighted by molar-refractivity contribution is -0.138. The van der Waals surface area contributed by atoms with Gasteiger partial charge < -0.3 is 29.5 Å². The van der Waals surface area contributed by atoms with Crippen LogP contribution in [0.4, 0.5) is 4.79 Å². The maximum absolute atomic E-state index is 12.7. The van der Waals surface area contributed by atoms with Crippen LogP contribution in [0.1, 0.15) is 31.4 Å². The summed E-state index contributed by atoms with van der Waals surface area (Å²) < 4.78 is 16.8. The number of nitrogens with one attached hydrogen (secondary N) is 1. The Morgan fingerprint density at radius 2 is 1.64 bits per heavy atom. The lowest BCUT2D eigenvalue weighted by Crippen LogP contribution is -2.52. The third kappa shape index (κ3) is 8.21. The molecule has 228 valence electrons. The van der Waals surface area contributed by atoms with Crippen LogP contribution >= 0.6 is 0 Å². The molecule has 2 aliphatic rings. The van der Waals surface area contributed by atoms with Gasteiger partial charge in [-0.3, -0.25) is 19.4 Å². The second kappa shape index (κ2) is 13.5. The number of benzene rings is 2. The molecule has 0 saturated carbocycles. The van der Waals surface area contributed by atoms with E-state index in [0.717, 1.165) is 11.1 Å². The minimum atomic E-state index is -1.28. The summed E-state index contributed by atoms with van der Waals surface area (Å²) in [5, 5.41) is 14.3. The van der Waals surface area contributed by atoms with Crippen LogP contribution in [0.25, 0.3) is 0 Å². The zero-order valence-corrected chi connectivity index (χ0v) is 24.9. The van der Waals surface area contributed by atoms with Crippen LogP contribution in [-0.2, 0) is 20.9 Å². The molecular weight excluding hydrogens is 540 g/mol. The second-order valence-corrected chi connectivity index (χ2v) is 11.6. The Kier molecular flexibility index (Phi) is 10.1. The standard InChI is InChI=1S/C31H42N4O7/c1-23-6-10-26(11-7-23)42-22-31(39)20-33(15-16-34(21-31)27(36)19-40-4)18-24-8-12-25(13-9-24)41-17-5-14-35-28(37)30(2,3)32-29(35)38/h6-13,39H,5,14-22H2,1-4H3,(H,32,38)/t31-/m1/s1. The molecule has 0 aromatic heterocycles. The second-order valence-electron chi connectivity index (χ2n) is 11.6. The number of methoxy groups -OCH3 is 1. The number of β-amino-alcohol motifs (C(OH)–C–C–N with tert-alkyl or cyclic N) is 1. The van der Waals surface area contributed by atoms with Gasteiger partial charge in [0, 0.05) is 39.8 Å². The van der Waals surface area contributed by atoms with Crippen LogP contribution in [0.15, 0.2) is 48.5 Å². The van der Waals surface area contributed by atoms with E-state index in [1.54, 1.807) is 18.7 Å². The van der Waals surface area contributed by atoms with Crippen molar-refractivity contribution >= 4 is 17.8 Å². The van der Waals surface area contributed by atoms with Crippen LogP contribution in [0.3, 0.4) is 0 Å². The number of amides is 4. The first-order chi connectivity index (χ1) is 20.0. The first-order valence-electron chi connectivity index (χ1n) is 14.2. The third-order valence-electron chi connectivity index (χ3n) is 7.41. The molecule has 2 fully saturated rings. The Labute approximate surface area is 247 Å². The van der Waals surface area contributed by atoms with Gasteiger partial charge in [0.25, 0.3) is 5.91 Å². The van der Waals surface area contributed by atoms with Crippen LogP contribution in [-0.4, -0.2) is 108 Å². The Hall–Kier alpha value is -3.67. The molecule has 42 heavy (non-hydrogen) atoms. The molecule has 11 nitrogen and oxygen atoms in total. The molecule has 0 bridgehead atoms. The molecule has 0 radical (unpaired) electrons. The van der Waals surface area contributed by atoms with Gasteiger partial charge in [-0.1, -0.05) is 29.8 Å². The molecule has 2 saturated heterocycles. The van der Waals surface area contributed by atoms with Crippen LogP contribution in [0, 0.1) is 6.92 Å². The number of rotatable bonds is 12. The van der Waals surface area contributed by atoms with Crippen molar-refractivity contribution in [3.05, 3.63) is 59.7 Å². The number of aryl methyl sites for hydroxylation is 1. The molecule has 2 aromatic carbocycles. The molecule has 4 rings (SSSR count). The summed E-state index contributed by atoms with van der Waals surface area (Å²) in [6.07, 6.45) is 0.520. The predicted molar refractivity (Wildman–Crippen MR) is 156 cm³/mol. The van der Waals surface area contributed by atoms with Crippen molar-refractivity contribution in [2.24, 2.45) is 0 Å². The minimum Gasteiger partial charge on any atom is -0.494 e.